The minimum absolute atomic E-state index is 0.469. The molecule has 0 aromatic heterocycles. The van der Waals surface area contributed by atoms with Gasteiger partial charge >= 0.3 is 0 Å². The zero-order chi connectivity index (χ0) is 8.91. The summed E-state index contributed by atoms with van der Waals surface area (Å²) in [7, 11) is 0. The summed E-state index contributed by atoms with van der Waals surface area (Å²) in [6, 6.07) is 0.762. The predicted molar refractivity (Wildman–Crippen MR) is 51.8 cm³/mol. The second kappa shape index (κ2) is 4.76. The molecule has 1 aliphatic rings. The van der Waals surface area contributed by atoms with E-state index in [0.717, 1.165) is 6.04 Å². The van der Waals surface area contributed by atoms with Crippen molar-refractivity contribution in [2.24, 2.45) is 5.41 Å². The minimum atomic E-state index is 0.469. The molecule has 1 unspecified atom stereocenters. The second-order valence-corrected chi connectivity index (χ2v) is 4.01. The Kier molecular flexibility index (Phi) is 4.74. The van der Waals surface area contributed by atoms with Gasteiger partial charge < -0.3 is 5.32 Å². The van der Waals surface area contributed by atoms with Gasteiger partial charge in [-0.1, -0.05) is 34.6 Å². The van der Waals surface area contributed by atoms with Crippen LogP contribution in [-0.2, 0) is 0 Å². The monoisotopic (exact) mass is 157 g/mol. The molecule has 68 valence electrons. The summed E-state index contributed by atoms with van der Waals surface area (Å²) >= 11 is 0. The third-order valence-electron chi connectivity index (χ3n) is 2.11. The van der Waals surface area contributed by atoms with Gasteiger partial charge in [-0.2, -0.15) is 0 Å². The molecule has 0 spiro atoms. The van der Waals surface area contributed by atoms with Gasteiger partial charge in [0.2, 0.25) is 0 Å². The van der Waals surface area contributed by atoms with E-state index in [9.17, 15) is 0 Å². The Morgan fingerprint density at radius 2 is 1.73 bits per heavy atom. The van der Waals surface area contributed by atoms with Gasteiger partial charge in [0.1, 0.15) is 0 Å². The number of hydrogen-bond acceptors (Lipinski definition) is 1. The van der Waals surface area contributed by atoms with Crippen molar-refractivity contribution in [1.29, 1.82) is 0 Å². The van der Waals surface area contributed by atoms with Crippen LogP contribution in [0.25, 0.3) is 0 Å². The van der Waals surface area contributed by atoms with Crippen molar-refractivity contribution in [2.45, 2.75) is 53.5 Å². The molecule has 1 heteroatoms. The third kappa shape index (κ3) is 3.76. The van der Waals surface area contributed by atoms with Crippen molar-refractivity contribution >= 4 is 0 Å². The van der Waals surface area contributed by atoms with Gasteiger partial charge in [-0.15, -0.1) is 0 Å². The lowest BCUT2D eigenvalue weighted by Crippen LogP contribution is -2.34. The normalized spacial score (nSPS) is 24.3. The molecule has 1 heterocycles. The molecule has 1 rings (SSSR count). The lowest BCUT2D eigenvalue weighted by Gasteiger charge is -2.26. The second-order valence-electron chi connectivity index (χ2n) is 4.01. The maximum atomic E-state index is 3.50. The van der Waals surface area contributed by atoms with E-state index in [2.05, 4.69) is 26.1 Å². The number of rotatable bonds is 0. The summed E-state index contributed by atoms with van der Waals surface area (Å²) in [6.45, 7) is 12.1. The van der Waals surface area contributed by atoms with Gasteiger partial charge in [-0.25, -0.2) is 0 Å². The van der Waals surface area contributed by atoms with Crippen LogP contribution < -0.4 is 5.32 Å². The van der Waals surface area contributed by atoms with E-state index in [1.165, 1.54) is 19.4 Å². The fraction of sp³-hybridized carbons (Fsp3) is 1.00. The van der Waals surface area contributed by atoms with Gasteiger partial charge in [0.05, 0.1) is 0 Å². The van der Waals surface area contributed by atoms with Crippen molar-refractivity contribution in [3.05, 3.63) is 0 Å². The first-order valence-electron chi connectivity index (χ1n) is 4.84. The summed E-state index contributed by atoms with van der Waals surface area (Å²) in [6.07, 6.45) is 2.73. The average Bonchev–Trinajstić information content (AvgIpc) is 2.40. The maximum Gasteiger partial charge on any atom is 0.0116 e. The highest BCUT2D eigenvalue weighted by Crippen LogP contribution is 2.25. The quantitative estimate of drug-likeness (QED) is 0.570. The molecule has 0 aromatic carbocycles. The first-order valence-corrected chi connectivity index (χ1v) is 4.84. The Labute approximate surface area is 71.6 Å². The largest absolute Gasteiger partial charge is 0.313 e. The molecule has 1 aliphatic heterocycles. The van der Waals surface area contributed by atoms with Gasteiger partial charge in [-0.05, 0) is 24.8 Å². The zero-order valence-electron chi connectivity index (χ0n) is 8.70. The molecule has 0 amide bonds. The lowest BCUT2D eigenvalue weighted by molar-refractivity contribution is 0.295. The van der Waals surface area contributed by atoms with E-state index < -0.39 is 0 Å². The molecule has 0 saturated carbocycles. The fourth-order valence-electron chi connectivity index (χ4n) is 1.42. The average molecular weight is 157 g/mol. The van der Waals surface area contributed by atoms with Crippen molar-refractivity contribution < 1.29 is 0 Å². The van der Waals surface area contributed by atoms with E-state index in [4.69, 9.17) is 0 Å². The van der Waals surface area contributed by atoms with Crippen molar-refractivity contribution in [3.63, 3.8) is 0 Å². The van der Waals surface area contributed by atoms with Gasteiger partial charge in [-0.3, -0.25) is 0 Å². The SMILES string of the molecule is CC.CC(C)(C)C1CCCN1. The first kappa shape index (κ1) is 11.0. The molecule has 1 fully saturated rings. The van der Waals surface area contributed by atoms with Crippen molar-refractivity contribution in [2.75, 3.05) is 6.54 Å². The van der Waals surface area contributed by atoms with Gasteiger partial charge in [0.15, 0.2) is 0 Å². The van der Waals surface area contributed by atoms with Crippen LogP contribution in [0.5, 0.6) is 0 Å². The van der Waals surface area contributed by atoms with Crippen LogP contribution in [0.2, 0.25) is 0 Å². The van der Waals surface area contributed by atoms with Crippen LogP contribution in [0.4, 0.5) is 0 Å². The molecule has 0 radical (unpaired) electrons. The third-order valence-corrected chi connectivity index (χ3v) is 2.11. The standard InChI is InChI=1S/C8H17N.C2H6/c1-8(2,3)7-5-4-6-9-7;1-2/h7,9H,4-6H2,1-3H3;1-2H3. The molecular weight excluding hydrogens is 134 g/mol. The maximum absolute atomic E-state index is 3.50. The minimum Gasteiger partial charge on any atom is -0.313 e. The molecule has 0 aromatic rings. The summed E-state index contributed by atoms with van der Waals surface area (Å²) in [4.78, 5) is 0. The van der Waals surface area contributed by atoms with Crippen LogP contribution in [0, 0.1) is 5.41 Å². The van der Waals surface area contributed by atoms with Gasteiger partial charge in [0, 0.05) is 6.04 Å². The highest BCUT2D eigenvalue weighted by Gasteiger charge is 2.26. The Balaban J connectivity index is 0.000000461. The first-order chi connectivity index (χ1) is 5.11. The van der Waals surface area contributed by atoms with Crippen molar-refractivity contribution in [1.82, 2.24) is 5.32 Å². The predicted octanol–water partition coefficient (Wildman–Crippen LogP) is 2.81. The molecule has 0 bridgehead atoms. The van der Waals surface area contributed by atoms with E-state index >= 15 is 0 Å². The van der Waals surface area contributed by atoms with E-state index in [1.807, 2.05) is 13.8 Å². The van der Waals surface area contributed by atoms with Gasteiger partial charge in [0.25, 0.3) is 0 Å². The molecular formula is C10H23N. The lowest BCUT2D eigenvalue weighted by atomic mass is 9.86. The Hall–Kier alpha value is -0.0400. The molecule has 11 heavy (non-hydrogen) atoms. The summed E-state index contributed by atoms with van der Waals surface area (Å²) in [5, 5.41) is 3.50. The Morgan fingerprint density at radius 1 is 1.18 bits per heavy atom. The van der Waals surface area contributed by atoms with Crippen LogP contribution in [0.3, 0.4) is 0 Å². The van der Waals surface area contributed by atoms with Crippen LogP contribution >= 0.6 is 0 Å². The number of hydrogen-bond donors (Lipinski definition) is 1. The molecule has 1 nitrogen and oxygen atoms in total. The van der Waals surface area contributed by atoms with E-state index in [0.29, 0.717) is 5.41 Å². The Morgan fingerprint density at radius 3 is 1.91 bits per heavy atom. The van der Waals surface area contributed by atoms with Crippen LogP contribution in [0.1, 0.15) is 47.5 Å². The van der Waals surface area contributed by atoms with Crippen molar-refractivity contribution in [3.8, 4) is 0 Å². The zero-order valence-corrected chi connectivity index (χ0v) is 8.70. The van der Waals surface area contributed by atoms with Crippen LogP contribution in [-0.4, -0.2) is 12.6 Å². The highest BCUT2D eigenvalue weighted by atomic mass is 14.9. The van der Waals surface area contributed by atoms with Crippen LogP contribution in [0.15, 0.2) is 0 Å². The summed E-state index contributed by atoms with van der Waals surface area (Å²) < 4.78 is 0. The molecule has 1 atom stereocenters. The summed E-state index contributed by atoms with van der Waals surface area (Å²) in [5.41, 5.74) is 0.469. The fourth-order valence-corrected chi connectivity index (χ4v) is 1.42. The Bertz CT molecular complexity index is 85.5. The molecule has 0 aliphatic carbocycles. The smallest absolute Gasteiger partial charge is 0.0116 e. The van der Waals surface area contributed by atoms with E-state index in [-0.39, 0.29) is 0 Å². The van der Waals surface area contributed by atoms with E-state index in [1.54, 1.807) is 0 Å². The molecule has 1 N–H and O–H groups in total. The highest BCUT2D eigenvalue weighted by molar-refractivity contribution is 4.84. The summed E-state index contributed by atoms with van der Waals surface area (Å²) in [5.74, 6) is 0. The molecule has 1 saturated heterocycles. The number of nitrogens with one attached hydrogen (secondary N) is 1. The topological polar surface area (TPSA) is 12.0 Å².